The van der Waals surface area contributed by atoms with E-state index in [1.165, 1.54) is 6.07 Å². The molecule has 2 heterocycles. The molecule has 154 valence electrons. The fraction of sp³-hybridized carbons (Fsp3) is 0.409. The van der Waals surface area contributed by atoms with Crippen molar-refractivity contribution in [1.29, 1.82) is 0 Å². The van der Waals surface area contributed by atoms with E-state index in [1.54, 1.807) is 6.92 Å². The van der Waals surface area contributed by atoms with E-state index in [9.17, 15) is 19.5 Å². The Labute approximate surface area is 169 Å². The van der Waals surface area contributed by atoms with Gasteiger partial charge in [-0.3, -0.25) is 9.59 Å². The number of carboxylic acids is 1. The van der Waals surface area contributed by atoms with Gasteiger partial charge < -0.3 is 19.7 Å². The number of nitrogens with zero attached hydrogens (tertiary/aromatic N) is 1. The summed E-state index contributed by atoms with van der Waals surface area (Å²) in [6.07, 6.45) is 2.93. The molecule has 1 aromatic carbocycles. The Morgan fingerprint density at radius 1 is 1.17 bits per heavy atom. The van der Waals surface area contributed by atoms with Gasteiger partial charge in [0.25, 0.3) is 5.91 Å². The molecule has 2 aromatic rings. The smallest absolute Gasteiger partial charge is 0.339 e. The minimum Gasteiger partial charge on any atom is -0.478 e. The average Bonchev–Trinajstić information content (AvgIpc) is 3.18. The quantitative estimate of drug-likeness (QED) is 0.747. The minimum atomic E-state index is -1.10. The third-order valence-corrected chi connectivity index (χ3v) is 5.24. The topological polar surface area (TPSA) is 99.9 Å². The molecular formula is C22H26N2O5. The zero-order chi connectivity index (χ0) is 20.8. The average molecular weight is 398 g/mol. The van der Waals surface area contributed by atoms with Crippen LogP contribution in [0.25, 0.3) is 0 Å². The predicted octanol–water partition coefficient (Wildman–Crippen LogP) is 2.89. The zero-order valence-electron chi connectivity index (χ0n) is 16.5. The van der Waals surface area contributed by atoms with E-state index in [0.29, 0.717) is 44.5 Å². The van der Waals surface area contributed by atoms with E-state index in [0.717, 1.165) is 12.0 Å². The number of amides is 2. The lowest BCUT2D eigenvalue weighted by atomic mass is 10.0. The predicted molar refractivity (Wildman–Crippen MR) is 107 cm³/mol. The number of furan rings is 1. The van der Waals surface area contributed by atoms with Crippen LogP contribution < -0.4 is 5.32 Å². The first-order valence-electron chi connectivity index (χ1n) is 9.96. The summed E-state index contributed by atoms with van der Waals surface area (Å²) in [6.45, 7) is 2.96. The fourth-order valence-corrected chi connectivity index (χ4v) is 3.57. The van der Waals surface area contributed by atoms with E-state index in [4.69, 9.17) is 4.42 Å². The van der Waals surface area contributed by atoms with E-state index in [1.807, 2.05) is 35.2 Å². The largest absolute Gasteiger partial charge is 0.478 e. The SMILES string of the molecule is CCc1oc(C(=O)NC2CCN(C(=O)CCc3ccccc3)CC2)cc1C(=O)O. The van der Waals surface area contributed by atoms with E-state index in [-0.39, 0.29) is 23.3 Å². The fourth-order valence-electron chi connectivity index (χ4n) is 3.57. The molecule has 0 atom stereocenters. The van der Waals surface area contributed by atoms with Crippen LogP contribution in [0.5, 0.6) is 0 Å². The van der Waals surface area contributed by atoms with Crippen molar-refractivity contribution in [2.75, 3.05) is 13.1 Å². The molecular weight excluding hydrogens is 372 g/mol. The van der Waals surface area contributed by atoms with Crippen LogP contribution in [0.4, 0.5) is 0 Å². The Kier molecular flexibility index (Phi) is 6.69. The first kappa shape index (κ1) is 20.6. The molecule has 0 spiro atoms. The van der Waals surface area contributed by atoms with Gasteiger partial charge >= 0.3 is 5.97 Å². The van der Waals surface area contributed by atoms with Crippen molar-refractivity contribution in [1.82, 2.24) is 10.2 Å². The van der Waals surface area contributed by atoms with Crippen LogP contribution in [-0.2, 0) is 17.6 Å². The minimum absolute atomic E-state index is 0.0145. The van der Waals surface area contributed by atoms with Crippen molar-refractivity contribution >= 4 is 17.8 Å². The highest BCUT2D eigenvalue weighted by molar-refractivity contribution is 5.96. The Morgan fingerprint density at radius 3 is 2.45 bits per heavy atom. The lowest BCUT2D eigenvalue weighted by Crippen LogP contribution is -2.46. The number of carbonyl (C=O) groups excluding carboxylic acids is 2. The highest BCUT2D eigenvalue weighted by atomic mass is 16.4. The molecule has 0 saturated carbocycles. The van der Waals surface area contributed by atoms with Gasteiger partial charge in [0.05, 0.1) is 0 Å². The van der Waals surface area contributed by atoms with Crippen molar-refractivity contribution in [2.45, 2.75) is 45.1 Å². The summed E-state index contributed by atoms with van der Waals surface area (Å²) in [4.78, 5) is 37.9. The molecule has 7 heteroatoms. The van der Waals surface area contributed by atoms with Gasteiger partial charge in [-0.2, -0.15) is 0 Å². The van der Waals surface area contributed by atoms with Crippen molar-refractivity contribution in [3.8, 4) is 0 Å². The number of rotatable bonds is 7. The van der Waals surface area contributed by atoms with Gasteiger partial charge in [-0.05, 0) is 24.8 Å². The van der Waals surface area contributed by atoms with E-state index in [2.05, 4.69) is 5.32 Å². The molecule has 29 heavy (non-hydrogen) atoms. The second-order valence-corrected chi connectivity index (χ2v) is 7.22. The maximum Gasteiger partial charge on any atom is 0.339 e. The number of carbonyl (C=O) groups is 3. The highest BCUT2D eigenvalue weighted by Crippen LogP contribution is 2.18. The van der Waals surface area contributed by atoms with Crippen LogP contribution in [0.2, 0.25) is 0 Å². The summed E-state index contributed by atoms with van der Waals surface area (Å²) in [5.74, 6) is -1.08. The number of carboxylic acid groups (broad SMARTS) is 1. The van der Waals surface area contributed by atoms with Crippen LogP contribution in [0.1, 0.15) is 58.4 Å². The Hall–Kier alpha value is -3.09. The van der Waals surface area contributed by atoms with Gasteiger partial charge in [0.1, 0.15) is 11.3 Å². The number of likely N-dealkylation sites (tertiary alicyclic amines) is 1. The summed E-state index contributed by atoms with van der Waals surface area (Å²) < 4.78 is 5.40. The maximum atomic E-state index is 12.4. The van der Waals surface area contributed by atoms with Crippen LogP contribution in [0, 0.1) is 0 Å². The molecule has 1 fully saturated rings. The second-order valence-electron chi connectivity index (χ2n) is 7.22. The zero-order valence-corrected chi connectivity index (χ0v) is 16.5. The molecule has 2 N–H and O–H groups in total. The number of hydrogen-bond donors (Lipinski definition) is 2. The number of nitrogens with one attached hydrogen (secondary N) is 1. The monoisotopic (exact) mass is 398 g/mol. The molecule has 1 aliphatic rings. The summed E-state index contributed by atoms with van der Waals surface area (Å²) in [5, 5.41) is 12.1. The highest BCUT2D eigenvalue weighted by Gasteiger charge is 2.26. The molecule has 7 nitrogen and oxygen atoms in total. The first-order chi connectivity index (χ1) is 14.0. The summed E-state index contributed by atoms with van der Waals surface area (Å²) in [6, 6.07) is 11.1. The number of aromatic carboxylic acids is 1. The van der Waals surface area contributed by atoms with Crippen molar-refractivity contribution in [3.63, 3.8) is 0 Å². The first-order valence-corrected chi connectivity index (χ1v) is 9.96. The summed E-state index contributed by atoms with van der Waals surface area (Å²) in [7, 11) is 0. The number of aryl methyl sites for hydroxylation is 2. The van der Waals surface area contributed by atoms with Crippen molar-refractivity contribution in [3.05, 3.63) is 59.0 Å². The third kappa shape index (κ3) is 5.25. The van der Waals surface area contributed by atoms with Crippen molar-refractivity contribution in [2.24, 2.45) is 0 Å². The molecule has 0 aliphatic carbocycles. The standard InChI is InChI=1S/C22H26N2O5/c1-2-18-17(22(27)28)14-19(29-18)21(26)23-16-10-12-24(13-11-16)20(25)9-8-15-6-4-3-5-7-15/h3-7,14,16H,2,8-13H2,1H3,(H,23,26)(H,27,28). The molecule has 2 amide bonds. The maximum absolute atomic E-state index is 12.4. The molecule has 0 unspecified atom stereocenters. The lowest BCUT2D eigenvalue weighted by molar-refractivity contribution is -0.132. The van der Waals surface area contributed by atoms with Gasteiger partial charge in [0.2, 0.25) is 5.91 Å². The van der Waals surface area contributed by atoms with Crippen LogP contribution in [0.15, 0.2) is 40.8 Å². The van der Waals surface area contributed by atoms with Gasteiger partial charge in [0.15, 0.2) is 5.76 Å². The van der Waals surface area contributed by atoms with Gasteiger partial charge in [-0.1, -0.05) is 37.3 Å². The van der Waals surface area contributed by atoms with Crippen LogP contribution in [-0.4, -0.2) is 46.9 Å². The molecule has 1 aliphatic heterocycles. The van der Waals surface area contributed by atoms with E-state index >= 15 is 0 Å². The van der Waals surface area contributed by atoms with Gasteiger partial charge in [-0.15, -0.1) is 0 Å². The number of piperidine rings is 1. The number of benzene rings is 1. The Morgan fingerprint density at radius 2 is 1.86 bits per heavy atom. The second kappa shape index (κ2) is 9.41. The Bertz CT molecular complexity index is 867. The normalized spacial score (nSPS) is 14.6. The van der Waals surface area contributed by atoms with Crippen molar-refractivity contribution < 1.29 is 23.9 Å². The van der Waals surface area contributed by atoms with Gasteiger partial charge in [0, 0.05) is 38.0 Å². The van der Waals surface area contributed by atoms with Gasteiger partial charge in [-0.25, -0.2) is 4.79 Å². The summed E-state index contributed by atoms with van der Waals surface area (Å²) in [5.41, 5.74) is 1.17. The molecule has 1 aromatic heterocycles. The molecule has 0 bridgehead atoms. The molecule has 0 radical (unpaired) electrons. The lowest BCUT2D eigenvalue weighted by Gasteiger charge is -2.32. The molecule has 1 saturated heterocycles. The third-order valence-electron chi connectivity index (χ3n) is 5.24. The van der Waals surface area contributed by atoms with E-state index < -0.39 is 11.9 Å². The van der Waals surface area contributed by atoms with Crippen LogP contribution in [0.3, 0.4) is 0 Å². The molecule has 3 rings (SSSR count). The van der Waals surface area contributed by atoms with Crippen LogP contribution >= 0.6 is 0 Å². The Balaban J connectivity index is 1.47. The summed E-state index contributed by atoms with van der Waals surface area (Å²) >= 11 is 0. The number of hydrogen-bond acceptors (Lipinski definition) is 4.